The number of hydrogen-bond donors (Lipinski definition) is 1. The van der Waals surface area contributed by atoms with Crippen molar-refractivity contribution in [2.45, 2.75) is 4.21 Å². The maximum Gasteiger partial charge on any atom is 0.273 e. The van der Waals surface area contributed by atoms with E-state index in [9.17, 15) is 8.42 Å². The number of sulfonamides is 1. The number of anilines is 2. The van der Waals surface area contributed by atoms with E-state index in [1.165, 1.54) is 13.2 Å². The number of ether oxygens (including phenoxy) is 1. The molecule has 0 atom stereocenters. The second-order valence-corrected chi connectivity index (χ2v) is 6.92. The summed E-state index contributed by atoms with van der Waals surface area (Å²) < 4.78 is 36.1. The van der Waals surface area contributed by atoms with Gasteiger partial charge in [-0.05, 0) is 23.7 Å². The van der Waals surface area contributed by atoms with Crippen LogP contribution in [0.5, 0.6) is 5.88 Å². The lowest BCUT2D eigenvalue weighted by atomic mass is 10.2. The van der Waals surface area contributed by atoms with Crippen molar-refractivity contribution >= 4 is 32.9 Å². The lowest BCUT2D eigenvalue weighted by Gasteiger charge is -2.17. The van der Waals surface area contributed by atoms with Gasteiger partial charge in [0, 0.05) is 20.2 Å². The van der Waals surface area contributed by atoms with E-state index in [4.69, 9.17) is 4.74 Å². The second kappa shape index (κ2) is 5.68. The average Bonchev–Trinajstić information content (AvgIpc) is 2.88. The molecule has 0 aliphatic rings. The van der Waals surface area contributed by atoms with Gasteiger partial charge in [-0.2, -0.15) is 4.37 Å². The Labute approximate surface area is 122 Å². The number of hydrogen-bond acceptors (Lipinski definition) is 6. The molecule has 0 fully saturated rings. The van der Waals surface area contributed by atoms with Gasteiger partial charge in [0.25, 0.3) is 10.0 Å². The number of nitrogens with one attached hydrogen (secondary N) is 1. The minimum absolute atomic E-state index is 0.114. The smallest absolute Gasteiger partial charge is 0.273 e. The molecular weight excluding hydrogens is 298 g/mol. The predicted octanol–water partition coefficient (Wildman–Crippen LogP) is 2.02. The van der Waals surface area contributed by atoms with Crippen molar-refractivity contribution in [1.82, 2.24) is 4.37 Å². The molecule has 6 nitrogen and oxygen atoms in total. The molecule has 0 aliphatic heterocycles. The lowest BCUT2D eigenvalue weighted by molar-refractivity contribution is 0.402. The summed E-state index contributed by atoms with van der Waals surface area (Å²) in [5.41, 5.74) is 1.30. The molecule has 1 aromatic heterocycles. The molecule has 0 saturated carbocycles. The number of nitrogens with zero attached hydrogens (tertiary/aromatic N) is 2. The van der Waals surface area contributed by atoms with Crippen molar-refractivity contribution < 1.29 is 13.2 Å². The molecule has 1 aromatic carbocycles. The fourth-order valence-electron chi connectivity index (χ4n) is 1.61. The van der Waals surface area contributed by atoms with Crippen LogP contribution in [-0.2, 0) is 10.0 Å². The highest BCUT2D eigenvalue weighted by Crippen LogP contribution is 2.28. The highest BCUT2D eigenvalue weighted by Gasteiger charge is 2.20. The zero-order valence-electron chi connectivity index (χ0n) is 11.3. The summed E-state index contributed by atoms with van der Waals surface area (Å²) in [5.74, 6) is 0.288. The van der Waals surface area contributed by atoms with Crippen molar-refractivity contribution in [2.24, 2.45) is 0 Å². The minimum Gasteiger partial charge on any atom is -0.480 e. The Balaban J connectivity index is 2.33. The van der Waals surface area contributed by atoms with Gasteiger partial charge in [-0.15, -0.1) is 0 Å². The third-order valence-corrected chi connectivity index (χ3v) is 5.16. The Bertz CT molecular complexity index is 695. The molecule has 1 heterocycles. The Morgan fingerprint density at radius 3 is 2.60 bits per heavy atom. The van der Waals surface area contributed by atoms with Crippen molar-refractivity contribution in [3.8, 4) is 5.88 Å². The number of aromatic nitrogens is 1. The predicted molar refractivity (Wildman–Crippen MR) is 80.2 cm³/mol. The highest BCUT2D eigenvalue weighted by atomic mass is 32.2. The third-order valence-electron chi connectivity index (χ3n) is 2.57. The number of para-hydroxylation sites is 2. The van der Waals surface area contributed by atoms with E-state index in [1.807, 2.05) is 31.1 Å². The van der Waals surface area contributed by atoms with Crippen LogP contribution in [0.25, 0.3) is 0 Å². The van der Waals surface area contributed by atoms with Gasteiger partial charge in [0.2, 0.25) is 5.88 Å². The zero-order valence-corrected chi connectivity index (χ0v) is 13.0. The van der Waals surface area contributed by atoms with Crippen LogP contribution in [0.1, 0.15) is 0 Å². The largest absolute Gasteiger partial charge is 0.480 e. The molecule has 0 amide bonds. The Morgan fingerprint density at radius 2 is 2.00 bits per heavy atom. The highest BCUT2D eigenvalue weighted by molar-refractivity contribution is 7.94. The van der Waals surface area contributed by atoms with Crippen molar-refractivity contribution in [1.29, 1.82) is 0 Å². The first-order valence-electron chi connectivity index (χ1n) is 5.74. The summed E-state index contributed by atoms with van der Waals surface area (Å²) in [5, 5.41) is 0. The van der Waals surface area contributed by atoms with Crippen LogP contribution in [0.15, 0.2) is 34.5 Å². The summed E-state index contributed by atoms with van der Waals surface area (Å²) in [6.45, 7) is 0. The molecule has 20 heavy (non-hydrogen) atoms. The first kappa shape index (κ1) is 14.6. The van der Waals surface area contributed by atoms with Crippen LogP contribution in [0.3, 0.4) is 0 Å². The van der Waals surface area contributed by atoms with E-state index in [0.717, 1.165) is 17.2 Å². The van der Waals surface area contributed by atoms with E-state index in [2.05, 4.69) is 9.10 Å². The maximum atomic E-state index is 12.3. The van der Waals surface area contributed by atoms with Gasteiger partial charge >= 0.3 is 0 Å². The molecule has 2 rings (SSSR count). The quantitative estimate of drug-likeness (QED) is 0.914. The van der Waals surface area contributed by atoms with Gasteiger partial charge in [0.15, 0.2) is 4.21 Å². The minimum atomic E-state index is -3.66. The summed E-state index contributed by atoms with van der Waals surface area (Å²) in [6.07, 6.45) is 0. The van der Waals surface area contributed by atoms with Gasteiger partial charge in [0.1, 0.15) is 0 Å². The van der Waals surface area contributed by atoms with E-state index >= 15 is 0 Å². The Morgan fingerprint density at radius 1 is 1.30 bits per heavy atom. The number of methoxy groups -OCH3 is 1. The molecule has 0 bridgehead atoms. The van der Waals surface area contributed by atoms with Crippen molar-refractivity contribution in [3.63, 3.8) is 0 Å². The molecule has 1 N–H and O–H groups in total. The molecular formula is C12H15N3O3S2. The summed E-state index contributed by atoms with van der Waals surface area (Å²) in [7, 11) is 1.49. The summed E-state index contributed by atoms with van der Waals surface area (Å²) >= 11 is 0.876. The SMILES string of the molecule is COc1cc(S(=O)(=O)Nc2ccccc2N(C)C)sn1. The topological polar surface area (TPSA) is 71.5 Å². The lowest BCUT2D eigenvalue weighted by Crippen LogP contribution is -2.16. The molecule has 0 unspecified atom stereocenters. The molecule has 2 aromatic rings. The fraction of sp³-hybridized carbons (Fsp3) is 0.250. The monoisotopic (exact) mass is 313 g/mol. The van der Waals surface area contributed by atoms with Gasteiger partial charge in [-0.3, -0.25) is 4.72 Å². The number of rotatable bonds is 5. The summed E-state index contributed by atoms with van der Waals surface area (Å²) in [6, 6.07) is 8.57. The molecule has 0 radical (unpaired) electrons. The van der Waals surface area contributed by atoms with Crippen LogP contribution in [-0.4, -0.2) is 34.0 Å². The molecule has 0 aliphatic carbocycles. The zero-order chi connectivity index (χ0) is 14.8. The van der Waals surface area contributed by atoms with Gasteiger partial charge in [-0.1, -0.05) is 12.1 Å². The normalized spacial score (nSPS) is 11.2. The Kier molecular flexibility index (Phi) is 4.15. The van der Waals surface area contributed by atoms with Crippen molar-refractivity contribution in [2.75, 3.05) is 30.8 Å². The third kappa shape index (κ3) is 3.02. The summed E-state index contributed by atoms with van der Waals surface area (Å²) in [4.78, 5) is 1.84. The fourth-order valence-corrected chi connectivity index (χ4v) is 3.52. The van der Waals surface area contributed by atoms with Gasteiger partial charge < -0.3 is 9.64 Å². The van der Waals surface area contributed by atoms with E-state index < -0.39 is 10.0 Å². The van der Waals surface area contributed by atoms with Crippen LogP contribution in [0.4, 0.5) is 11.4 Å². The van der Waals surface area contributed by atoms with Crippen molar-refractivity contribution in [3.05, 3.63) is 30.3 Å². The van der Waals surface area contributed by atoms with Gasteiger partial charge in [0.05, 0.1) is 18.5 Å². The van der Waals surface area contributed by atoms with E-state index in [1.54, 1.807) is 12.1 Å². The van der Waals surface area contributed by atoms with Gasteiger partial charge in [-0.25, -0.2) is 8.42 Å². The first-order chi connectivity index (χ1) is 9.44. The maximum absolute atomic E-state index is 12.3. The Hall–Kier alpha value is -1.80. The van der Waals surface area contributed by atoms with E-state index in [-0.39, 0.29) is 10.1 Å². The second-order valence-electron chi connectivity index (χ2n) is 4.21. The molecule has 108 valence electrons. The number of benzene rings is 1. The van der Waals surface area contributed by atoms with Crippen LogP contribution in [0.2, 0.25) is 0 Å². The first-order valence-corrected chi connectivity index (χ1v) is 7.99. The molecule has 0 saturated heterocycles. The van der Waals surface area contributed by atoms with Crippen LogP contribution >= 0.6 is 11.5 Å². The van der Waals surface area contributed by atoms with E-state index in [0.29, 0.717) is 5.69 Å². The molecule has 0 spiro atoms. The average molecular weight is 313 g/mol. The molecule has 8 heteroatoms. The van der Waals surface area contributed by atoms with Crippen LogP contribution < -0.4 is 14.4 Å². The standard InChI is InChI=1S/C12H15N3O3S2/c1-15(2)10-7-5-4-6-9(10)14-20(16,17)12-8-11(18-3)13-19-12/h4-8,14H,1-3H3. The van der Waals surface area contributed by atoms with Crippen LogP contribution in [0, 0.1) is 0 Å².